The van der Waals surface area contributed by atoms with Crippen LogP contribution in [0, 0.1) is 6.92 Å². The summed E-state index contributed by atoms with van der Waals surface area (Å²) in [6.07, 6.45) is 4.63. The van der Waals surface area contributed by atoms with Gasteiger partial charge in [-0.05, 0) is 18.6 Å². The van der Waals surface area contributed by atoms with Crippen LogP contribution in [-0.2, 0) is 6.42 Å². The summed E-state index contributed by atoms with van der Waals surface area (Å²) < 4.78 is 0. The summed E-state index contributed by atoms with van der Waals surface area (Å²) >= 11 is 0. The van der Waals surface area contributed by atoms with Gasteiger partial charge in [-0.3, -0.25) is 4.98 Å². The first-order valence-corrected chi connectivity index (χ1v) is 4.61. The molecule has 2 aromatic heterocycles. The summed E-state index contributed by atoms with van der Waals surface area (Å²) in [5, 5.41) is 0. The highest BCUT2D eigenvalue weighted by atomic mass is 14.9. The fraction of sp³-hybridized carbons (Fsp3) is 0.182. The number of nitrogens with zero attached hydrogens (tertiary/aromatic N) is 3. The van der Waals surface area contributed by atoms with Crippen LogP contribution in [0.3, 0.4) is 0 Å². The number of hydrogen-bond acceptors (Lipinski definition) is 3. The topological polar surface area (TPSA) is 38.7 Å². The lowest BCUT2D eigenvalue weighted by molar-refractivity contribution is 1.03. The molecule has 3 heteroatoms. The van der Waals surface area contributed by atoms with E-state index in [0.717, 1.165) is 23.6 Å². The van der Waals surface area contributed by atoms with Crippen molar-refractivity contribution >= 4 is 0 Å². The van der Waals surface area contributed by atoms with Crippen molar-refractivity contribution in [3.8, 4) is 11.4 Å². The minimum Gasteiger partial charge on any atom is -0.254 e. The van der Waals surface area contributed by atoms with Gasteiger partial charge in [0.05, 0.1) is 11.4 Å². The summed E-state index contributed by atoms with van der Waals surface area (Å²) in [5.41, 5.74) is 4.47. The van der Waals surface area contributed by atoms with Crippen molar-refractivity contribution in [2.24, 2.45) is 0 Å². The quantitative estimate of drug-likeness (QED) is 0.533. The van der Waals surface area contributed by atoms with Crippen LogP contribution in [0.2, 0.25) is 0 Å². The second-order valence-corrected chi connectivity index (χ2v) is 3.48. The first-order valence-electron chi connectivity index (χ1n) is 4.61. The molecule has 3 rings (SSSR count). The molecule has 0 radical (unpaired) electrons. The lowest BCUT2D eigenvalue weighted by Gasteiger charge is -1.98. The zero-order chi connectivity index (χ0) is 9.54. The lowest BCUT2D eigenvalue weighted by atomic mass is 10.2. The van der Waals surface area contributed by atoms with Gasteiger partial charge in [-0.1, -0.05) is 6.07 Å². The number of rotatable bonds is 0. The van der Waals surface area contributed by atoms with Gasteiger partial charge in [0.15, 0.2) is 0 Å². The molecule has 2 heterocycles. The standard InChI is InChI=1S/C11H9N3/c1-7-13-6-9-5-8-3-2-4-12-10(8)11(9)14-7/h2-4,6H,5H2,1H3. The van der Waals surface area contributed by atoms with Crippen LogP contribution in [0.4, 0.5) is 0 Å². The fourth-order valence-electron chi connectivity index (χ4n) is 1.83. The Morgan fingerprint density at radius 3 is 3.00 bits per heavy atom. The van der Waals surface area contributed by atoms with Crippen molar-refractivity contribution < 1.29 is 0 Å². The lowest BCUT2D eigenvalue weighted by Crippen LogP contribution is -1.92. The van der Waals surface area contributed by atoms with E-state index in [9.17, 15) is 0 Å². The first-order chi connectivity index (χ1) is 6.84. The highest BCUT2D eigenvalue weighted by molar-refractivity contribution is 5.69. The van der Waals surface area contributed by atoms with Gasteiger partial charge in [-0.15, -0.1) is 0 Å². The Hall–Kier alpha value is -1.77. The zero-order valence-corrected chi connectivity index (χ0v) is 7.86. The number of aryl methyl sites for hydroxylation is 1. The molecular formula is C11H9N3. The molecule has 0 saturated heterocycles. The van der Waals surface area contributed by atoms with Gasteiger partial charge in [-0.25, -0.2) is 9.97 Å². The third kappa shape index (κ3) is 0.954. The van der Waals surface area contributed by atoms with Gasteiger partial charge in [0.25, 0.3) is 0 Å². The van der Waals surface area contributed by atoms with Crippen LogP contribution in [0.15, 0.2) is 24.5 Å². The minimum atomic E-state index is 0.808. The molecule has 0 spiro atoms. The van der Waals surface area contributed by atoms with Crippen molar-refractivity contribution in [1.29, 1.82) is 0 Å². The molecular weight excluding hydrogens is 174 g/mol. The molecule has 1 aliphatic rings. The van der Waals surface area contributed by atoms with E-state index in [1.165, 1.54) is 11.1 Å². The third-order valence-corrected chi connectivity index (χ3v) is 2.48. The number of pyridine rings is 1. The molecule has 0 aromatic carbocycles. The van der Waals surface area contributed by atoms with Gasteiger partial charge in [0.1, 0.15) is 5.82 Å². The highest BCUT2D eigenvalue weighted by Crippen LogP contribution is 2.32. The molecule has 68 valence electrons. The van der Waals surface area contributed by atoms with Gasteiger partial charge >= 0.3 is 0 Å². The zero-order valence-electron chi connectivity index (χ0n) is 7.86. The number of hydrogen-bond donors (Lipinski definition) is 0. The van der Waals surface area contributed by atoms with Crippen molar-refractivity contribution in [1.82, 2.24) is 15.0 Å². The molecule has 0 fully saturated rings. The predicted octanol–water partition coefficient (Wildman–Crippen LogP) is 1.75. The van der Waals surface area contributed by atoms with Gasteiger partial charge in [-0.2, -0.15) is 0 Å². The van der Waals surface area contributed by atoms with E-state index in [1.807, 2.05) is 25.4 Å². The Morgan fingerprint density at radius 1 is 1.14 bits per heavy atom. The van der Waals surface area contributed by atoms with E-state index < -0.39 is 0 Å². The van der Waals surface area contributed by atoms with E-state index in [4.69, 9.17) is 0 Å². The molecule has 0 N–H and O–H groups in total. The fourth-order valence-corrected chi connectivity index (χ4v) is 1.83. The molecule has 3 nitrogen and oxygen atoms in total. The summed E-state index contributed by atoms with van der Waals surface area (Å²) in [4.78, 5) is 13.0. The second kappa shape index (κ2) is 2.61. The molecule has 0 aliphatic heterocycles. The summed E-state index contributed by atoms with van der Waals surface area (Å²) in [6, 6.07) is 4.06. The predicted molar refractivity (Wildman–Crippen MR) is 52.8 cm³/mol. The van der Waals surface area contributed by atoms with Crippen molar-refractivity contribution in [3.63, 3.8) is 0 Å². The van der Waals surface area contributed by atoms with Crippen LogP contribution in [0.5, 0.6) is 0 Å². The molecule has 0 saturated carbocycles. The number of aromatic nitrogens is 3. The van der Waals surface area contributed by atoms with Crippen LogP contribution in [0.25, 0.3) is 11.4 Å². The van der Waals surface area contributed by atoms with Crippen LogP contribution in [0.1, 0.15) is 17.0 Å². The Kier molecular flexibility index (Phi) is 1.42. The van der Waals surface area contributed by atoms with E-state index in [2.05, 4.69) is 21.0 Å². The third-order valence-electron chi connectivity index (χ3n) is 2.48. The maximum Gasteiger partial charge on any atom is 0.125 e. The SMILES string of the molecule is Cc1ncc2c(n1)-c1ncccc1C2. The average molecular weight is 183 g/mol. The van der Waals surface area contributed by atoms with Gasteiger partial charge in [0, 0.05) is 24.4 Å². The average Bonchev–Trinajstić information content (AvgIpc) is 2.56. The molecule has 1 aliphatic carbocycles. The van der Waals surface area contributed by atoms with Gasteiger partial charge < -0.3 is 0 Å². The van der Waals surface area contributed by atoms with Crippen molar-refractivity contribution in [2.75, 3.05) is 0 Å². The van der Waals surface area contributed by atoms with Crippen LogP contribution < -0.4 is 0 Å². The second-order valence-electron chi connectivity index (χ2n) is 3.48. The summed E-state index contributed by atoms with van der Waals surface area (Å²) in [6.45, 7) is 1.90. The van der Waals surface area contributed by atoms with Gasteiger partial charge in [0.2, 0.25) is 0 Å². The minimum absolute atomic E-state index is 0.808. The maximum absolute atomic E-state index is 4.42. The molecule has 0 bridgehead atoms. The van der Waals surface area contributed by atoms with E-state index >= 15 is 0 Å². The summed E-state index contributed by atoms with van der Waals surface area (Å²) in [7, 11) is 0. The smallest absolute Gasteiger partial charge is 0.125 e. The Labute approximate surface area is 81.9 Å². The van der Waals surface area contributed by atoms with Crippen molar-refractivity contribution in [2.45, 2.75) is 13.3 Å². The first kappa shape index (κ1) is 7.62. The van der Waals surface area contributed by atoms with E-state index in [-0.39, 0.29) is 0 Å². The number of fused-ring (bicyclic) bond motifs is 3. The maximum atomic E-state index is 4.42. The normalized spacial score (nSPS) is 12.4. The Morgan fingerprint density at radius 2 is 2.07 bits per heavy atom. The Bertz CT molecular complexity index is 506. The molecule has 0 atom stereocenters. The molecule has 0 amide bonds. The van der Waals surface area contributed by atoms with E-state index in [1.54, 1.807) is 0 Å². The van der Waals surface area contributed by atoms with Crippen LogP contribution in [-0.4, -0.2) is 15.0 Å². The summed E-state index contributed by atoms with van der Waals surface area (Å²) in [5.74, 6) is 0.808. The Balaban J connectivity index is 2.30. The molecule has 0 unspecified atom stereocenters. The monoisotopic (exact) mass is 183 g/mol. The molecule has 14 heavy (non-hydrogen) atoms. The van der Waals surface area contributed by atoms with Crippen LogP contribution >= 0.6 is 0 Å². The molecule has 2 aromatic rings. The van der Waals surface area contributed by atoms with E-state index in [0.29, 0.717) is 0 Å². The van der Waals surface area contributed by atoms with Crippen molar-refractivity contribution in [3.05, 3.63) is 41.5 Å². The largest absolute Gasteiger partial charge is 0.254 e. The highest BCUT2D eigenvalue weighted by Gasteiger charge is 2.20.